The molecule has 250 valence electrons. The third-order valence-electron chi connectivity index (χ3n) is 11.4. The van der Waals surface area contributed by atoms with Crippen LogP contribution in [0, 0.1) is 0 Å². The number of benzene rings is 10. The van der Waals surface area contributed by atoms with Crippen LogP contribution in [0.3, 0.4) is 0 Å². The Labute approximate surface area is 319 Å². The van der Waals surface area contributed by atoms with Crippen molar-refractivity contribution in [2.24, 2.45) is 0 Å². The summed E-state index contributed by atoms with van der Waals surface area (Å²) >= 11 is 3.81. The van der Waals surface area contributed by atoms with Crippen molar-refractivity contribution < 1.29 is 0 Å². The smallest absolute Gasteiger partial charge is 0.0369 e. The average molecular weight is 719 g/mol. The molecule has 0 aliphatic heterocycles. The number of rotatable bonds is 3. The maximum absolute atomic E-state index is 2.42. The van der Waals surface area contributed by atoms with Gasteiger partial charge >= 0.3 is 0 Å². The lowest BCUT2D eigenvalue weighted by Gasteiger charge is -2.18. The first kappa shape index (κ1) is 30.2. The molecule has 0 N–H and O–H groups in total. The van der Waals surface area contributed by atoms with Crippen molar-refractivity contribution in [2.45, 2.75) is 0 Å². The zero-order valence-corrected chi connectivity index (χ0v) is 30.8. The fourth-order valence-electron chi connectivity index (χ4n) is 8.84. The van der Waals surface area contributed by atoms with Gasteiger partial charge in [-0.1, -0.05) is 140 Å². The largest absolute Gasteiger partial charge is 0.135 e. The van der Waals surface area contributed by atoms with Crippen LogP contribution in [0.2, 0.25) is 0 Å². The summed E-state index contributed by atoms with van der Waals surface area (Å²) in [5.74, 6) is 0. The summed E-state index contributed by atoms with van der Waals surface area (Å²) in [5, 5.41) is 15.6. The van der Waals surface area contributed by atoms with Crippen LogP contribution in [0.25, 0.3) is 117 Å². The lowest BCUT2D eigenvalue weighted by Crippen LogP contribution is -1.91. The Morgan fingerprint density at radius 2 is 0.685 bits per heavy atom. The summed E-state index contributed by atoms with van der Waals surface area (Å²) in [6.07, 6.45) is 0. The molecule has 0 bridgehead atoms. The lowest BCUT2D eigenvalue weighted by molar-refractivity contribution is 1.63. The maximum Gasteiger partial charge on any atom is 0.0369 e. The van der Waals surface area contributed by atoms with E-state index in [4.69, 9.17) is 0 Å². The molecule has 0 aliphatic carbocycles. The molecule has 0 saturated carbocycles. The normalized spacial score (nSPS) is 12.1. The standard InChI is InChI=1S/C52H30S2/c1-2-10-34-25-37(24-19-31(34)9-1)52-42-14-5-3-12-40(42)51(41-13-4-6-15-43(41)52)33-20-17-32(18-21-33)35-22-23-36-27-44-46-29-45-39-11-7-8-16-47(39)53-49(45)30-50(46)54-48(44)28-38(36)26-35/h1-30H. The fraction of sp³-hybridized carbons (Fsp3) is 0. The molecule has 0 unspecified atom stereocenters. The fourth-order valence-corrected chi connectivity index (χ4v) is 11.2. The minimum absolute atomic E-state index is 1.23. The monoisotopic (exact) mass is 718 g/mol. The molecule has 10 aromatic carbocycles. The lowest BCUT2D eigenvalue weighted by atomic mass is 9.85. The van der Waals surface area contributed by atoms with E-state index >= 15 is 0 Å². The summed E-state index contributed by atoms with van der Waals surface area (Å²) in [7, 11) is 0. The highest BCUT2D eigenvalue weighted by molar-refractivity contribution is 7.28. The van der Waals surface area contributed by atoms with E-state index in [1.807, 2.05) is 22.7 Å². The summed E-state index contributed by atoms with van der Waals surface area (Å²) in [5.41, 5.74) is 7.53. The number of hydrogen-bond acceptors (Lipinski definition) is 2. The van der Waals surface area contributed by atoms with Gasteiger partial charge in [-0.25, -0.2) is 0 Å². The molecule has 0 amide bonds. The zero-order valence-electron chi connectivity index (χ0n) is 29.1. The van der Waals surface area contributed by atoms with Gasteiger partial charge in [0, 0.05) is 40.3 Å². The van der Waals surface area contributed by atoms with Gasteiger partial charge in [0.05, 0.1) is 0 Å². The van der Waals surface area contributed by atoms with Gasteiger partial charge in [-0.3, -0.25) is 0 Å². The molecular weight excluding hydrogens is 689 g/mol. The molecule has 2 heteroatoms. The molecule has 0 atom stereocenters. The molecule has 0 fully saturated rings. The van der Waals surface area contributed by atoms with Crippen molar-refractivity contribution in [1.29, 1.82) is 0 Å². The molecule has 0 saturated heterocycles. The molecule has 0 aliphatic rings. The molecule has 0 radical (unpaired) electrons. The zero-order chi connectivity index (χ0) is 35.3. The van der Waals surface area contributed by atoms with Crippen LogP contribution in [-0.4, -0.2) is 0 Å². The van der Waals surface area contributed by atoms with Gasteiger partial charge in [0.1, 0.15) is 0 Å². The predicted molar refractivity (Wildman–Crippen MR) is 239 cm³/mol. The highest BCUT2D eigenvalue weighted by atomic mass is 32.1. The number of fused-ring (bicyclic) bond motifs is 10. The first-order chi connectivity index (χ1) is 26.7. The van der Waals surface area contributed by atoms with Gasteiger partial charge in [-0.15, -0.1) is 22.7 Å². The molecule has 2 heterocycles. The van der Waals surface area contributed by atoms with Crippen LogP contribution in [0.15, 0.2) is 182 Å². The van der Waals surface area contributed by atoms with E-state index < -0.39 is 0 Å². The van der Waals surface area contributed by atoms with Crippen molar-refractivity contribution >= 4 is 106 Å². The van der Waals surface area contributed by atoms with Gasteiger partial charge in [-0.2, -0.15) is 0 Å². The minimum Gasteiger partial charge on any atom is -0.135 e. The Hall–Kier alpha value is -6.32. The second kappa shape index (κ2) is 11.6. The SMILES string of the molecule is c1ccc2cc(-c3c4ccccc4c(-c4ccc(-c5ccc6cc7c(cc6c5)sc5cc6sc8ccccc8c6cc57)cc4)c4ccccc34)ccc2c1. The summed E-state index contributed by atoms with van der Waals surface area (Å²) < 4.78 is 5.43. The number of thiophene rings is 2. The van der Waals surface area contributed by atoms with Crippen molar-refractivity contribution in [1.82, 2.24) is 0 Å². The van der Waals surface area contributed by atoms with E-state index in [1.54, 1.807) is 0 Å². The Bertz CT molecular complexity index is 3430. The van der Waals surface area contributed by atoms with E-state index in [-0.39, 0.29) is 0 Å². The van der Waals surface area contributed by atoms with Crippen LogP contribution in [0.5, 0.6) is 0 Å². The van der Waals surface area contributed by atoms with Crippen LogP contribution in [-0.2, 0) is 0 Å². The van der Waals surface area contributed by atoms with Gasteiger partial charge in [0.15, 0.2) is 0 Å². The van der Waals surface area contributed by atoms with Crippen molar-refractivity contribution in [2.75, 3.05) is 0 Å². The quantitative estimate of drug-likeness (QED) is 0.160. The van der Waals surface area contributed by atoms with Crippen LogP contribution in [0.1, 0.15) is 0 Å². The highest BCUT2D eigenvalue weighted by Crippen LogP contribution is 2.46. The van der Waals surface area contributed by atoms with E-state index in [1.165, 1.54) is 117 Å². The van der Waals surface area contributed by atoms with Crippen molar-refractivity contribution in [3.05, 3.63) is 182 Å². The van der Waals surface area contributed by atoms with Crippen LogP contribution in [0.4, 0.5) is 0 Å². The Balaban J connectivity index is 0.962. The molecule has 2 aromatic heterocycles. The Morgan fingerprint density at radius 3 is 1.43 bits per heavy atom. The van der Waals surface area contributed by atoms with Gasteiger partial charge in [-0.05, 0) is 119 Å². The Morgan fingerprint density at radius 1 is 0.222 bits per heavy atom. The van der Waals surface area contributed by atoms with Gasteiger partial charge < -0.3 is 0 Å². The first-order valence-corrected chi connectivity index (χ1v) is 20.1. The van der Waals surface area contributed by atoms with Gasteiger partial charge in [0.25, 0.3) is 0 Å². The predicted octanol–water partition coefficient (Wildman–Crippen LogP) is 16.0. The molecular formula is C52H30S2. The first-order valence-electron chi connectivity index (χ1n) is 18.5. The molecule has 12 aromatic rings. The van der Waals surface area contributed by atoms with Gasteiger partial charge in [0.2, 0.25) is 0 Å². The molecule has 54 heavy (non-hydrogen) atoms. The second-order valence-corrected chi connectivity index (χ2v) is 16.6. The van der Waals surface area contributed by atoms with E-state index in [9.17, 15) is 0 Å². The topological polar surface area (TPSA) is 0 Å². The molecule has 0 nitrogen and oxygen atoms in total. The van der Waals surface area contributed by atoms with E-state index in [2.05, 4.69) is 182 Å². The summed E-state index contributed by atoms with van der Waals surface area (Å²) in [4.78, 5) is 0. The van der Waals surface area contributed by atoms with Crippen molar-refractivity contribution in [3.8, 4) is 33.4 Å². The van der Waals surface area contributed by atoms with Crippen molar-refractivity contribution in [3.63, 3.8) is 0 Å². The van der Waals surface area contributed by atoms with E-state index in [0.29, 0.717) is 0 Å². The average Bonchev–Trinajstić information content (AvgIpc) is 3.77. The summed E-state index contributed by atoms with van der Waals surface area (Å²) in [6.45, 7) is 0. The van der Waals surface area contributed by atoms with E-state index in [0.717, 1.165) is 0 Å². The third kappa shape index (κ3) is 4.54. The van der Waals surface area contributed by atoms with Crippen LogP contribution < -0.4 is 0 Å². The molecule has 0 spiro atoms. The third-order valence-corrected chi connectivity index (χ3v) is 13.7. The summed E-state index contributed by atoms with van der Waals surface area (Å²) in [6, 6.07) is 67.9. The maximum atomic E-state index is 2.42. The number of hydrogen-bond donors (Lipinski definition) is 0. The second-order valence-electron chi connectivity index (χ2n) is 14.4. The Kier molecular flexibility index (Phi) is 6.48. The molecule has 12 rings (SSSR count). The highest BCUT2D eigenvalue weighted by Gasteiger charge is 2.17. The minimum atomic E-state index is 1.23. The van der Waals surface area contributed by atoms with Crippen LogP contribution >= 0.6 is 22.7 Å².